The van der Waals surface area contributed by atoms with Crippen molar-refractivity contribution in [3.63, 3.8) is 0 Å². The molecule has 130 valence electrons. The van der Waals surface area contributed by atoms with Crippen molar-refractivity contribution in [3.05, 3.63) is 35.4 Å². The number of benzene rings is 1. The van der Waals surface area contributed by atoms with Crippen LogP contribution in [0.4, 0.5) is 0 Å². The van der Waals surface area contributed by atoms with Gasteiger partial charge in [0.2, 0.25) is 5.84 Å². The lowest BCUT2D eigenvalue weighted by Crippen LogP contribution is -2.68. The van der Waals surface area contributed by atoms with E-state index in [1.165, 1.54) is 11.1 Å². The van der Waals surface area contributed by atoms with Crippen LogP contribution < -0.4 is 18.6 Å². The second-order valence-corrected chi connectivity index (χ2v) is 6.22. The first-order chi connectivity index (χ1) is 10.4. The maximum Gasteiger partial charge on any atom is 0.392 e. The fourth-order valence-electron chi connectivity index (χ4n) is 1.39. The summed E-state index contributed by atoms with van der Waals surface area (Å²) in [7, 11) is 2.77. The monoisotopic (exact) mass is 365 g/mol. The zero-order valence-electron chi connectivity index (χ0n) is 13.7. The quantitative estimate of drug-likeness (QED) is 0.251. The molecule has 0 unspecified atom stereocenters. The number of aryl methyl sites for hydroxylation is 1. The lowest BCUT2D eigenvalue weighted by atomic mass is 10.1. The lowest BCUT2D eigenvalue weighted by Gasteiger charge is -2.17. The van der Waals surface area contributed by atoms with E-state index in [2.05, 4.69) is 36.2 Å². The molecule has 1 aromatic rings. The third kappa shape index (κ3) is 11.9. The van der Waals surface area contributed by atoms with E-state index in [4.69, 9.17) is 30.2 Å². The molecule has 0 radical (unpaired) electrons. The molecular weight excluding hydrogens is 345 g/mol. The van der Waals surface area contributed by atoms with Crippen LogP contribution in [0, 0.1) is 17.2 Å². The summed E-state index contributed by atoms with van der Waals surface area (Å²) >= 11 is 6.07. The van der Waals surface area contributed by atoms with Gasteiger partial charge in [-0.3, -0.25) is 4.58 Å². The minimum absolute atomic E-state index is 0.491. The summed E-state index contributed by atoms with van der Waals surface area (Å²) in [5.74, 6) is 0.942. The average molecular weight is 366 g/mol. The van der Waals surface area contributed by atoms with Crippen LogP contribution >= 0.6 is 11.6 Å². The van der Waals surface area contributed by atoms with Gasteiger partial charge >= 0.3 is 5.29 Å². The van der Waals surface area contributed by atoms with Crippen LogP contribution in [0.5, 0.6) is 0 Å². The molecule has 7 nitrogen and oxygen atoms in total. The first kappa shape index (κ1) is 21.8. The summed E-state index contributed by atoms with van der Waals surface area (Å²) in [6, 6.07) is 8.47. The van der Waals surface area contributed by atoms with Crippen molar-refractivity contribution in [3.8, 4) is 0 Å². The molecule has 0 aliphatic carbocycles. The Morgan fingerprint density at radius 2 is 1.57 bits per heavy atom. The van der Waals surface area contributed by atoms with E-state index < -0.39 is 10.2 Å². The maximum atomic E-state index is 8.49. The molecule has 0 saturated carbocycles. The normalized spacial score (nSPS) is 11.5. The van der Waals surface area contributed by atoms with Gasteiger partial charge in [0, 0.05) is 25.7 Å². The Kier molecular flexibility index (Phi) is 9.29. The SMILES string of the molecule is Cc1ccc(C/C(=N\C(Cl)=[N+](C)C)N(C)C)cc1.[O-][Cl+3]([O-])([O-])[O-]. The summed E-state index contributed by atoms with van der Waals surface area (Å²) < 4.78 is 35.8. The Hall–Kier alpha value is -1.22. The minimum atomic E-state index is -4.94. The summed E-state index contributed by atoms with van der Waals surface area (Å²) in [5.41, 5.74) is 2.50. The Balaban J connectivity index is 0.000000841. The predicted octanol–water partition coefficient (Wildman–Crippen LogP) is -2.39. The molecule has 0 spiro atoms. The van der Waals surface area contributed by atoms with Crippen LogP contribution in [-0.4, -0.2) is 48.8 Å². The van der Waals surface area contributed by atoms with Crippen molar-refractivity contribution in [2.75, 3.05) is 28.2 Å². The first-order valence-electron chi connectivity index (χ1n) is 6.52. The number of hydrogen-bond donors (Lipinski definition) is 0. The van der Waals surface area contributed by atoms with Crippen molar-refractivity contribution in [2.24, 2.45) is 4.99 Å². The summed E-state index contributed by atoms with van der Waals surface area (Å²) in [6.07, 6.45) is 0.775. The summed E-state index contributed by atoms with van der Waals surface area (Å²) in [6.45, 7) is 2.08. The molecule has 0 fully saturated rings. The molecule has 0 aliphatic heterocycles. The van der Waals surface area contributed by atoms with Crippen molar-refractivity contribution < 1.29 is 33.5 Å². The van der Waals surface area contributed by atoms with Crippen molar-refractivity contribution in [1.82, 2.24) is 4.90 Å². The molecule has 0 N–H and O–H groups in total. The lowest BCUT2D eigenvalue weighted by molar-refractivity contribution is -2.00. The van der Waals surface area contributed by atoms with E-state index in [0.717, 1.165) is 12.3 Å². The number of nitrogens with zero attached hydrogens (tertiary/aromatic N) is 3. The van der Waals surface area contributed by atoms with Gasteiger partial charge in [-0.05, 0) is 17.5 Å². The predicted molar refractivity (Wildman–Crippen MR) is 79.0 cm³/mol. The van der Waals surface area contributed by atoms with E-state index in [1.807, 2.05) is 33.1 Å². The Labute approximate surface area is 143 Å². The fraction of sp³-hybridized carbons (Fsp3) is 0.429. The van der Waals surface area contributed by atoms with Crippen LogP contribution in [0.3, 0.4) is 0 Å². The van der Waals surface area contributed by atoms with Gasteiger partial charge in [-0.1, -0.05) is 29.8 Å². The van der Waals surface area contributed by atoms with Crippen molar-refractivity contribution >= 4 is 22.7 Å². The number of amidine groups is 2. The molecule has 0 amide bonds. The highest BCUT2D eigenvalue weighted by atomic mass is 35.7. The first-order valence-corrected chi connectivity index (χ1v) is 8.13. The number of likely N-dealkylation sites (N-methyl/N-ethyl adjacent to an activating group) is 1. The van der Waals surface area contributed by atoms with Gasteiger partial charge in [0.1, 0.15) is 0 Å². The molecule has 1 rings (SSSR count). The largest absolute Gasteiger partial charge is 0.392 e. The van der Waals surface area contributed by atoms with Gasteiger partial charge in [-0.2, -0.15) is 0 Å². The molecule has 0 saturated heterocycles. The molecule has 0 aromatic heterocycles. The third-order valence-corrected chi connectivity index (χ3v) is 3.01. The number of rotatable bonds is 2. The van der Waals surface area contributed by atoms with E-state index in [1.54, 1.807) is 4.58 Å². The second kappa shape index (κ2) is 9.82. The fourth-order valence-corrected chi connectivity index (χ4v) is 1.49. The molecule has 9 heteroatoms. The van der Waals surface area contributed by atoms with Gasteiger partial charge in [0.25, 0.3) is 0 Å². The second-order valence-electron chi connectivity index (χ2n) is 5.13. The van der Waals surface area contributed by atoms with Crippen molar-refractivity contribution in [1.29, 1.82) is 0 Å². The zero-order chi connectivity index (χ0) is 18.2. The summed E-state index contributed by atoms with van der Waals surface area (Å²) in [5, 5.41) is 0.491. The van der Waals surface area contributed by atoms with E-state index in [-0.39, 0.29) is 0 Å². The number of hydrogen-bond acceptors (Lipinski definition) is 4. The molecule has 0 aliphatic rings. The molecular formula is C14H21Cl2N3O4. The van der Waals surface area contributed by atoms with E-state index in [9.17, 15) is 0 Å². The topological polar surface area (TPSA) is 111 Å². The molecule has 0 atom stereocenters. The van der Waals surface area contributed by atoms with E-state index >= 15 is 0 Å². The Morgan fingerprint density at radius 3 is 1.91 bits per heavy atom. The number of aliphatic imine (C=N–C) groups is 1. The highest BCUT2D eigenvalue weighted by Crippen LogP contribution is 2.06. The summed E-state index contributed by atoms with van der Waals surface area (Å²) in [4.78, 5) is 6.44. The molecule has 0 bridgehead atoms. The highest BCUT2D eigenvalue weighted by molar-refractivity contribution is 6.64. The van der Waals surface area contributed by atoms with Gasteiger partial charge in [-0.15, -0.1) is 10.2 Å². The van der Waals surface area contributed by atoms with Crippen LogP contribution in [0.1, 0.15) is 11.1 Å². The van der Waals surface area contributed by atoms with Gasteiger partial charge in [0.15, 0.2) is 0 Å². The zero-order valence-corrected chi connectivity index (χ0v) is 15.3. The highest BCUT2D eigenvalue weighted by Gasteiger charge is 2.13. The van der Waals surface area contributed by atoms with Gasteiger partial charge in [-0.25, -0.2) is 18.6 Å². The minimum Gasteiger partial charge on any atom is -0.345 e. The van der Waals surface area contributed by atoms with Gasteiger partial charge < -0.3 is 4.90 Å². The molecule has 0 heterocycles. The molecule has 1 aromatic carbocycles. The number of halogens is 2. The van der Waals surface area contributed by atoms with Crippen LogP contribution in [0.25, 0.3) is 0 Å². The van der Waals surface area contributed by atoms with Crippen LogP contribution in [0.2, 0.25) is 0 Å². The Bertz CT molecular complexity index is 542. The standard InChI is InChI=1S/C14H21ClN3.ClHO4/c1-11-6-8-12(9-7-11)10-13(17(2)3)16-14(15)18(4)5;2-1(3,4)5/h6-9H,10H2,1-5H3;(H,2,3,4,5)/q+1;/p-1. The maximum absolute atomic E-state index is 8.49. The molecule has 23 heavy (non-hydrogen) atoms. The average Bonchev–Trinajstić information content (AvgIpc) is 2.38. The van der Waals surface area contributed by atoms with Crippen LogP contribution in [0.15, 0.2) is 29.3 Å². The van der Waals surface area contributed by atoms with E-state index in [0.29, 0.717) is 5.29 Å². The smallest absolute Gasteiger partial charge is 0.345 e. The van der Waals surface area contributed by atoms with Gasteiger partial charge in [0.05, 0.1) is 20.5 Å². The van der Waals surface area contributed by atoms with Crippen LogP contribution in [-0.2, 0) is 6.42 Å². The third-order valence-electron chi connectivity index (χ3n) is 2.59. The van der Waals surface area contributed by atoms with Crippen molar-refractivity contribution in [2.45, 2.75) is 13.3 Å². The Morgan fingerprint density at radius 1 is 1.13 bits per heavy atom.